The van der Waals surface area contributed by atoms with Gasteiger partial charge < -0.3 is 10.1 Å². The third kappa shape index (κ3) is 4.98. The number of hydrogen-bond donors (Lipinski definition) is 1. The summed E-state index contributed by atoms with van der Waals surface area (Å²) in [6.45, 7) is 0.523. The smallest absolute Gasteiger partial charge is 0.266 e. The number of nitrogens with one attached hydrogen (secondary N) is 1. The van der Waals surface area contributed by atoms with Gasteiger partial charge in [0.2, 0.25) is 5.91 Å². The van der Waals surface area contributed by atoms with Crippen LogP contribution in [0.2, 0.25) is 5.02 Å². The van der Waals surface area contributed by atoms with Crippen LogP contribution in [-0.4, -0.2) is 22.8 Å². The fraction of sp³-hybridized carbons (Fsp3) is 0.190. The highest BCUT2D eigenvalue weighted by Gasteiger charge is 2.08. The van der Waals surface area contributed by atoms with Crippen LogP contribution in [0.1, 0.15) is 12.0 Å². The van der Waals surface area contributed by atoms with Gasteiger partial charge in [0, 0.05) is 29.6 Å². The normalized spacial score (nSPS) is 10.5. The van der Waals surface area contributed by atoms with Crippen molar-refractivity contribution in [3.8, 4) is 17.0 Å². The molecular weight excluding hydrogens is 378 g/mol. The predicted molar refractivity (Wildman–Crippen MR) is 108 cm³/mol. The number of aryl methyl sites for hydroxylation is 1. The third-order valence-corrected chi connectivity index (χ3v) is 4.59. The van der Waals surface area contributed by atoms with E-state index in [0.29, 0.717) is 23.0 Å². The van der Waals surface area contributed by atoms with Crippen LogP contribution in [0, 0.1) is 0 Å². The first-order valence-corrected chi connectivity index (χ1v) is 9.17. The molecule has 1 amide bonds. The van der Waals surface area contributed by atoms with E-state index in [4.69, 9.17) is 16.3 Å². The van der Waals surface area contributed by atoms with Gasteiger partial charge in [-0.15, -0.1) is 0 Å². The Morgan fingerprint density at radius 1 is 1.14 bits per heavy atom. The molecule has 7 heteroatoms. The lowest BCUT2D eigenvalue weighted by Crippen LogP contribution is -2.28. The maximum atomic E-state index is 12.1. The lowest BCUT2D eigenvalue weighted by atomic mass is 10.1. The summed E-state index contributed by atoms with van der Waals surface area (Å²) in [4.78, 5) is 24.2. The van der Waals surface area contributed by atoms with Gasteiger partial charge in [-0.3, -0.25) is 9.59 Å². The molecule has 0 saturated heterocycles. The summed E-state index contributed by atoms with van der Waals surface area (Å²) in [6.07, 6.45) is 0.138. The Morgan fingerprint density at radius 2 is 1.96 bits per heavy atom. The van der Waals surface area contributed by atoms with E-state index in [0.717, 1.165) is 11.1 Å². The summed E-state index contributed by atoms with van der Waals surface area (Å²) in [5.74, 6) is 0.524. The second-order valence-electron chi connectivity index (χ2n) is 6.13. The molecular formula is C21H20ClN3O3. The van der Waals surface area contributed by atoms with Crippen LogP contribution >= 0.6 is 11.6 Å². The summed E-state index contributed by atoms with van der Waals surface area (Å²) in [7, 11) is 1.59. The maximum absolute atomic E-state index is 12.1. The van der Waals surface area contributed by atoms with Crippen LogP contribution in [0.25, 0.3) is 11.3 Å². The second-order valence-corrected chi connectivity index (χ2v) is 6.54. The molecule has 1 aromatic heterocycles. The summed E-state index contributed by atoms with van der Waals surface area (Å²) < 4.78 is 6.52. The average molecular weight is 398 g/mol. The van der Waals surface area contributed by atoms with E-state index in [-0.39, 0.29) is 24.4 Å². The molecule has 3 rings (SSSR count). The Morgan fingerprint density at radius 3 is 2.75 bits per heavy atom. The first kappa shape index (κ1) is 19.6. The monoisotopic (exact) mass is 397 g/mol. The molecule has 0 radical (unpaired) electrons. The van der Waals surface area contributed by atoms with Crippen LogP contribution in [0.3, 0.4) is 0 Å². The quantitative estimate of drug-likeness (QED) is 0.664. The number of ether oxygens (including phenoxy) is 1. The van der Waals surface area contributed by atoms with Crippen molar-refractivity contribution in [1.82, 2.24) is 15.1 Å². The van der Waals surface area contributed by atoms with Crippen LogP contribution in [0.15, 0.2) is 65.5 Å². The molecule has 0 fully saturated rings. The molecule has 1 heterocycles. The zero-order valence-electron chi connectivity index (χ0n) is 15.4. The van der Waals surface area contributed by atoms with Crippen LogP contribution in [0.4, 0.5) is 0 Å². The SMILES string of the molecule is COc1cccc(-c2ccc(=O)n(CCC(=O)NCc3ccccc3Cl)n2)c1. The van der Waals surface area contributed by atoms with Gasteiger partial charge in [-0.1, -0.05) is 41.9 Å². The van der Waals surface area contributed by atoms with E-state index in [9.17, 15) is 9.59 Å². The van der Waals surface area contributed by atoms with Crippen LogP contribution < -0.4 is 15.6 Å². The minimum atomic E-state index is -0.259. The largest absolute Gasteiger partial charge is 0.497 e. The fourth-order valence-electron chi connectivity index (χ4n) is 2.68. The number of amides is 1. The lowest BCUT2D eigenvalue weighted by molar-refractivity contribution is -0.121. The molecule has 0 aliphatic carbocycles. The Labute approximate surface area is 167 Å². The standard InChI is InChI=1S/C21H20ClN3O3/c1-28-17-7-4-6-15(13-17)19-9-10-21(27)25(24-19)12-11-20(26)23-14-16-5-2-3-8-18(16)22/h2-10,13H,11-12,14H2,1H3,(H,23,26). The van der Waals surface area contributed by atoms with Crippen molar-refractivity contribution in [2.24, 2.45) is 0 Å². The molecule has 0 atom stereocenters. The van der Waals surface area contributed by atoms with Crippen molar-refractivity contribution >= 4 is 17.5 Å². The topological polar surface area (TPSA) is 73.2 Å². The number of hydrogen-bond acceptors (Lipinski definition) is 4. The van der Waals surface area contributed by atoms with E-state index in [2.05, 4.69) is 10.4 Å². The molecule has 0 aliphatic rings. The number of methoxy groups -OCH3 is 1. The molecule has 28 heavy (non-hydrogen) atoms. The second kappa shape index (κ2) is 9.19. The molecule has 0 aliphatic heterocycles. The highest BCUT2D eigenvalue weighted by molar-refractivity contribution is 6.31. The van der Waals surface area contributed by atoms with Gasteiger partial charge >= 0.3 is 0 Å². The zero-order valence-corrected chi connectivity index (χ0v) is 16.1. The average Bonchev–Trinajstić information content (AvgIpc) is 2.72. The van der Waals surface area contributed by atoms with Crippen molar-refractivity contribution in [2.45, 2.75) is 19.5 Å². The van der Waals surface area contributed by atoms with Gasteiger partial charge in [-0.05, 0) is 29.8 Å². The van der Waals surface area contributed by atoms with E-state index in [1.54, 1.807) is 19.2 Å². The van der Waals surface area contributed by atoms with E-state index >= 15 is 0 Å². The van der Waals surface area contributed by atoms with Gasteiger partial charge in [0.05, 0.1) is 19.3 Å². The summed E-state index contributed by atoms with van der Waals surface area (Å²) in [6, 6.07) is 17.8. The molecule has 0 spiro atoms. The number of nitrogens with zero attached hydrogens (tertiary/aromatic N) is 2. The number of carbonyl (C=O) groups is 1. The number of halogens is 1. The molecule has 144 valence electrons. The number of benzene rings is 2. The number of aromatic nitrogens is 2. The van der Waals surface area contributed by atoms with E-state index < -0.39 is 0 Å². The van der Waals surface area contributed by atoms with Crippen molar-refractivity contribution in [2.75, 3.05) is 7.11 Å². The maximum Gasteiger partial charge on any atom is 0.266 e. The van der Waals surface area contributed by atoms with Gasteiger partial charge in [-0.25, -0.2) is 4.68 Å². The molecule has 1 N–H and O–H groups in total. The first-order chi connectivity index (χ1) is 13.6. The van der Waals surface area contributed by atoms with Crippen molar-refractivity contribution in [3.05, 3.63) is 81.6 Å². The van der Waals surface area contributed by atoms with Crippen molar-refractivity contribution in [1.29, 1.82) is 0 Å². The van der Waals surface area contributed by atoms with Crippen molar-refractivity contribution < 1.29 is 9.53 Å². The van der Waals surface area contributed by atoms with E-state index in [1.807, 2.05) is 42.5 Å². The fourth-order valence-corrected chi connectivity index (χ4v) is 2.88. The molecule has 6 nitrogen and oxygen atoms in total. The summed E-state index contributed by atoms with van der Waals surface area (Å²) in [5.41, 5.74) is 2.05. The lowest BCUT2D eigenvalue weighted by Gasteiger charge is -2.09. The van der Waals surface area contributed by atoms with Gasteiger partial charge in [0.25, 0.3) is 5.56 Å². The third-order valence-electron chi connectivity index (χ3n) is 4.22. The predicted octanol–water partition coefficient (Wildman–Crippen LogP) is 3.28. The van der Waals surface area contributed by atoms with Gasteiger partial charge in [-0.2, -0.15) is 5.10 Å². The van der Waals surface area contributed by atoms with Gasteiger partial charge in [0.1, 0.15) is 5.75 Å². The minimum absolute atomic E-state index is 0.138. The molecule has 2 aromatic carbocycles. The van der Waals surface area contributed by atoms with Gasteiger partial charge in [0.15, 0.2) is 0 Å². The Hall–Kier alpha value is -3.12. The summed E-state index contributed by atoms with van der Waals surface area (Å²) in [5, 5.41) is 7.78. The summed E-state index contributed by atoms with van der Waals surface area (Å²) >= 11 is 6.08. The minimum Gasteiger partial charge on any atom is -0.497 e. The highest BCUT2D eigenvalue weighted by Crippen LogP contribution is 2.21. The van der Waals surface area contributed by atoms with Crippen LogP contribution in [-0.2, 0) is 17.9 Å². The highest BCUT2D eigenvalue weighted by atomic mass is 35.5. The molecule has 0 saturated carbocycles. The number of rotatable bonds is 7. The van der Waals surface area contributed by atoms with Crippen LogP contribution in [0.5, 0.6) is 5.75 Å². The molecule has 0 unspecified atom stereocenters. The molecule has 3 aromatic rings. The Kier molecular flexibility index (Phi) is 6.45. The first-order valence-electron chi connectivity index (χ1n) is 8.79. The van der Waals surface area contributed by atoms with E-state index in [1.165, 1.54) is 10.7 Å². The Bertz CT molecular complexity index is 1030. The number of carbonyl (C=O) groups excluding carboxylic acids is 1. The van der Waals surface area contributed by atoms with Crippen molar-refractivity contribution in [3.63, 3.8) is 0 Å². The zero-order chi connectivity index (χ0) is 19.9. The molecule has 0 bridgehead atoms. The Balaban J connectivity index is 1.64.